The Morgan fingerprint density at radius 1 is 1.50 bits per heavy atom. The van der Waals surface area contributed by atoms with Crippen molar-refractivity contribution >= 4 is 23.2 Å². The summed E-state index contributed by atoms with van der Waals surface area (Å²) in [5.74, 6) is -0.870. The van der Waals surface area contributed by atoms with E-state index >= 15 is 0 Å². The summed E-state index contributed by atoms with van der Waals surface area (Å²) in [6.07, 6.45) is 0. The third kappa shape index (κ3) is 1.43. The van der Waals surface area contributed by atoms with Gasteiger partial charge in [0, 0.05) is 5.56 Å². The van der Waals surface area contributed by atoms with Crippen molar-refractivity contribution in [3.8, 4) is 5.75 Å². The van der Waals surface area contributed by atoms with Crippen molar-refractivity contribution < 1.29 is 9.90 Å². The molecule has 1 rings (SSSR count). The first kappa shape index (κ1) is 8.67. The lowest BCUT2D eigenvalue weighted by Gasteiger charge is -2.02. The number of hydrogen-bond donors (Lipinski definition) is 3. The summed E-state index contributed by atoms with van der Waals surface area (Å²) < 4.78 is 0. The van der Waals surface area contributed by atoms with Gasteiger partial charge in [0.25, 0.3) is 0 Å². The van der Waals surface area contributed by atoms with E-state index in [-0.39, 0.29) is 22.0 Å². The number of hydrogen-bond acceptors (Lipinski definition) is 3. The van der Waals surface area contributed by atoms with Crippen molar-refractivity contribution in [1.82, 2.24) is 0 Å². The molecule has 5 N–H and O–H groups in total. The van der Waals surface area contributed by atoms with Crippen LogP contribution >= 0.6 is 11.6 Å². The van der Waals surface area contributed by atoms with Crippen molar-refractivity contribution in [2.75, 3.05) is 5.73 Å². The van der Waals surface area contributed by atoms with Gasteiger partial charge in [0.05, 0.1) is 10.7 Å². The highest BCUT2D eigenvalue weighted by Crippen LogP contribution is 2.30. The van der Waals surface area contributed by atoms with Gasteiger partial charge < -0.3 is 16.6 Å². The van der Waals surface area contributed by atoms with Gasteiger partial charge in [0.1, 0.15) is 0 Å². The Balaban J connectivity index is 3.31. The van der Waals surface area contributed by atoms with Crippen LogP contribution < -0.4 is 11.5 Å². The predicted molar refractivity (Wildman–Crippen MR) is 46.0 cm³/mol. The molecule has 1 aromatic carbocycles. The molecule has 0 unspecified atom stereocenters. The Bertz CT molecular complexity index is 315. The summed E-state index contributed by atoms with van der Waals surface area (Å²) in [5, 5.41) is 9.12. The fourth-order valence-corrected chi connectivity index (χ4v) is 0.989. The summed E-state index contributed by atoms with van der Waals surface area (Å²) >= 11 is 5.53. The molecule has 12 heavy (non-hydrogen) atoms. The maximum absolute atomic E-state index is 10.6. The number of nitrogen functional groups attached to an aromatic ring is 1. The zero-order chi connectivity index (χ0) is 9.30. The van der Waals surface area contributed by atoms with Crippen LogP contribution in [-0.2, 0) is 0 Å². The van der Waals surface area contributed by atoms with E-state index in [1.165, 1.54) is 12.1 Å². The minimum absolute atomic E-state index is 0.0174. The normalized spacial score (nSPS) is 9.75. The molecule has 0 aliphatic heterocycles. The topological polar surface area (TPSA) is 89.3 Å². The maximum Gasteiger partial charge on any atom is 0.248 e. The zero-order valence-electron chi connectivity index (χ0n) is 6.04. The molecule has 0 bridgehead atoms. The van der Waals surface area contributed by atoms with Gasteiger partial charge in [0.15, 0.2) is 5.75 Å². The van der Waals surface area contributed by atoms with Gasteiger partial charge in [-0.1, -0.05) is 11.6 Å². The van der Waals surface area contributed by atoms with E-state index in [0.29, 0.717) is 0 Å². The first-order chi connectivity index (χ1) is 5.52. The second-order valence-corrected chi connectivity index (χ2v) is 2.67. The average molecular weight is 187 g/mol. The highest BCUT2D eigenvalue weighted by Gasteiger charge is 2.08. The van der Waals surface area contributed by atoms with Crippen LogP contribution in [0, 0.1) is 0 Å². The summed E-state index contributed by atoms with van der Waals surface area (Å²) in [5.41, 5.74) is 10.5. The lowest BCUT2D eigenvalue weighted by Crippen LogP contribution is -2.11. The molecule has 0 saturated carbocycles. The smallest absolute Gasteiger partial charge is 0.248 e. The molecular weight excluding hydrogens is 180 g/mol. The number of halogens is 1. The van der Waals surface area contributed by atoms with Crippen molar-refractivity contribution in [2.45, 2.75) is 0 Å². The quantitative estimate of drug-likeness (QED) is 0.446. The number of phenols is 1. The molecule has 1 aromatic rings. The molecular formula is C7H7ClN2O2. The van der Waals surface area contributed by atoms with E-state index in [0.717, 1.165) is 0 Å². The van der Waals surface area contributed by atoms with E-state index < -0.39 is 5.91 Å². The molecule has 0 spiro atoms. The van der Waals surface area contributed by atoms with Crippen LogP contribution in [0.2, 0.25) is 5.02 Å². The van der Waals surface area contributed by atoms with Crippen LogP contribution in [0.4, 0.5) is 5.69 Å². The minimum atomic E-state index is -0.636. The van der Waals surface area contributed by atoms with Crippen LogP contribution in [0.3, 0.4) is 0 Å². The first-order valence-electron chi connectivity index (χ1n) is 3.10. The van der Waals surface area contributed by atoms with Crippen LogP contribution in [0.25, 0.3) is 0 Å². The zero-order valence-corrected chi connectivity index (χ0v) is 6.80. The SMILES string of the molecule is NC(=O)c1cc(N)c(O)c(Cl)c1. The number of primary amides is 1. The number of aromatic hydroxyl groups is 1. The number of amides is 1. The van der Waals surface area contributed by atoms with Gasteiger partial charge in [-0.15, -0.1) is 0 Å². The summed E-state index contributed by atoms with van der Waals surface area (Å²) in [4.78, 5) is 10.6. The predicted octanol–water partition coefficient (Wildman–Crippen LogP) is 0.727. The largest absolute Gasteiger partial charge is 0.504 e. The molecule has 1 amide bonds. The van der Waals surface area contributed by atoms with Gasteiger partial charge in [0.2, 0.25) is 5.91 Å². The number of nitrogens with two attached hydrogens (primary N) is 2. The van der Waals surface area contributed by atoms with E-state index in [1.54, 1.807) is 0 Å². The van der Waals surface area contributed by atoms with Gasteiger partial charge in [-0.3, -0.25) is 4.79 Å². The molecule has 0 aliphatic carbocycles. The Morgan fingerprint density at radius 3 is 2.50 bits per heavy atom. The molecule has 0 radical (unpaired) electrons. The molecule has 0 fully saturated rings. The summed E-state index contributed by atoms with van der Waals surface area (Å²) in [6.45, 7) is 0. The first-order valence-corrected chi connectivity index (χ1v) is 3.48. The van der Waals surface area contributed by atoms with Crippen molar-refractivity contribution in [1.29, 1.82) is 0 Å². The number of carbonyl (C=O) groups is 1. The van der Waals surface area contributed by atoms with Gasteiger partial charge in [-0.2, -0.15) is 0 Å². The molecule has 0 aromatic heterocycles. The van der Waals surface area contributed by atoms with Crippen LogP contribution in [0.1, 0.15) is 10.4 Å². The lowest BCUT2D eigenvalue weighted by atomic mass is 10.2. The molecule has 64 valence electrons. The van der Waals surface area contributed by atoms with Crippen LogP contribution in [-0.4, -0.2) is 11.0 Å². The number of phenolic OH excluding ortho intramolecular Hbond substituents is 1. The second kappa shape index (κ2) is 2.91. The Kier molecular flexibility index (Phi) is 2.10. The maximum atomic E-state index is 10.6. The Morgan fingerprint density at radius 2 is 2.08 bits per heavy atom. The molecule has 0 saturated heterocycles. The number of anilines is 1. The van der Waals surface area contributed by atoms with Crippen molar-refractivity contribution in [3.63, 3.8) is 0 Å². The number of rotatable bonds is 1. The standard InChI is InChI=1S/C7H7ClN2O2/c8-4-1-3(7(10)12)2-5(9)6(4)11/h1-2,11H,9H2,(H2,10,12). The second-order valence-electron chi connectivity index (χ2n) is 2.26. The number of benzene rings is 1. The molecule has 4 nitrogen and oxygen atoms in total. The Labute approximate surface area is 73.7 Å². The Hall–Kier alpha value is -1.42. The summed E-state index contributed by atoms with van der Waals surface area (Å²) in [6, 6.07) is 2.53. The third-order valence-corrected chi connectivity index (χ3v) is 1.67. The minimum Gasteiger partial charge on any atom is -0.504 e. The van der Waals surface area contributed by atoms with Crippen molar-refractivity contribution in [3.05, 3.63) is 22.7 Å². The van der Waals surface area contributed by atoms with E-state index in [1.807, 2.05) is 0 Å². The molecule has 5 heteroatoms. The van der Waals surface area contributed by atoms with Crippen molar-refractivity contribution in [2.24, 2.45) is 5.73 Å². The third-order valence-electron chi connectivity index (χ3n) is 1.38. The highest BCUT2D eigenvalue weighted by molar-refractivity contribution is 6.32. The molecule has 0 heterocycles. The average Bonchev–Trinajstić information content (AvgIpc) is 1.99. The lowest BCUT2D eigenvalue weighted by molar-refractivity contribution is 0.100. The fourth-order valence-electron chi connectivity index (χ4n) is 0.763. The van der Waals surface area contributed by atoms with E-state index in [2.05, 4.69) is 0 Å². The van der Waals surface area contributed by atoms with E-state index in [9.17, 15) is 4.79 Å². The monoisotopic (exact) mass is 186 g/mol. The van der Waals surface area contributed by atoms with Crippen LogP contribution in [0.15, 0.2) is 12.1 Å². The summed E-state index contributed by atoms with van der Waals surface area (Å²) in [7, 11) is 0. The van der Waals surface area contributed by atoms with E-state index in [4.69, 9.17) is 28.2 Å². The fraction of sp³-hybridized carbons (Fsp3) is 0. The van der Waals surface area contributed by atoms with Gasteiger partial charge >= 0.3 is 0 Å². The molecule has 0 atom stereocenters. The number of carbonyl (C=O) groups excluding carboxylic acids is 1. The highest BCUT2D eigenvalue weighted by atomic mass is 35.5. The van der Waals surface area contributed by atoms with Gasteiger partial charge in [-0.05, 0) is 12.1 Å². The molecule has 0 aliphatic rings. The van der Waals surface area contributed by atoms with Crippen LogP contribution in [0.5, 0.6) is 5.75 Å². The van der Waals surface area contributed by atoms with Gasteiger partial charge in [-0.25, -0.2) is 0 Å².